The Hall–Kier alpha value is -2.51. The van der Waals surface area contributed by atoms with Crippen LogP contribution in [0, 0.1) is 0 Å². The van der Waals surface area contributed by atoms with Gasteiger partial charge < -0.3 is 89.9 Å². The molecule has 3 aliphatic rings. The van der Waals surface area contributed by atoms with Crippen molar-refractivity contribution in [3.8, 4) is 0 Å². The predicted molar refractivity (Wildman–Crippen MR) is 263 cm³/mol. The summed E-state index contributed by atoms with van der Waals surface area (Å²) in [6, 6.07) is -0.972. The van der Waals surface area contributed by atoms with Crippen LogP contribution in [0.15, 0.2) is 60.8 Å². The van der Waals surface area contributed by atoms with Crippen molar-refractivity contribution in [1.29, 1.82) is 0 Å². The van der Waals surface area contributed by atoms with Gasteiger partial charge in [0.15, 0.2) is 18.9 Å². The topological polar surface area (TPSA) is 307 Å². The minimum atomic E-state index is -1.98. The quantitative estimate of drug-likeness (QED) is 0.0320. The number of carbonyl (C=O) groups excluding carboxylic acids is 1. The van der Waals surface area contributed by atoms with Crippen LogP contribution in [0.1, 0.15) is 129 Å². The number of hydrogen-bond acceptors (Lipinski definition) is 18. The van der Waals surface area contributed by atoms with Gasteiger partial charge in [0.05, 0.1) is 38.6 Å². The van der Waals surface area contributed by atoms with Gasteiger partial charge in [-0.05, 0) is 51.4 Å². The zero-order chi connectivity index (χ0) is 52.0. The molecule has 1 amide bonds. The Bertz CT molecular complexity index is 1540. The number of allylic oxidation sites excluding steroid dienone is 9. The van der Waals surface area contributed by atoms with Gasteiger partial charge in [0, 0.05) is 6.42 Å². The maximum atomic E-state index is 13.1. The van der Waals surface area contributed by atoms with E-state index in [4.69, 9.17) is 28.4 Å². The molecule has 0 spiro atoms. The molecule has 3 fully saturated rings. The molecule has 0 saturated carbocycles. The van der Waals surface area contributed by atoms with Crippen LogP contribution >= 0.6 is 0 Å². The standard InChI is InChI=1S/C52H89NO18/c1-3-5-7-8-9-10-11-12-13-14-15-16-17-18-19-20-21-22-23-24-25-26-28-30-40(58)53-35(36(57)29-27-6-4-2)34-66-50-46(64)43(61)48(38(32-55)68-50)71-52-47(65)44(62)49(39(33-56)69-52)70-51-45(63)42(60)41(59)37(31-54)67-51/h5,7,9-10,12-13,15-16,27,29,35-39,41-52,54-57,59-65H,3-4,6,8,11,14,17-26,28,30-34H2,1-2H3,(H,53,58)/b7-5-,10-9-,13-12-,16-15-,29-27+. The predicted octanol–water partition coefficient (Wildman–Crippen LogP) is 2.14. The van der Waals surface area contributed by atoms with E-state index in [1.165, 1.54) is 32.1 Å². The monoisotopic (exact) mass is 1020 g/mol. The number of unbranched alkanes of at least 4 members (excludes halogenated alkanes) is 11. The Balaban J connectivity index is 1.39. The Morgan fingerprint density at radius 2 is 0.972 bits per heavy atom. The fourth-order valence-corrected chi connectivity index (χ4v) is 8.48. The lowest BCUT2D eigenvalue weighted by atomic mass is 9.96. The summed E-state index contributed by atoms with van der Waals surface area (Å²) in [5.74, 6) is -0.297. The lowest BCUT2D eigenvalue weighted by molar-refractivity contribution is -0.379. The molecule has 3 rings (SSSR count). The lowest BCUT2D eigenvalue weighted by Gasteiger charge is -2.48. The molecule has 0 aliphatic carbocycles. The first-order valence-electron chi connectivity index (χ1n) is 26.0. The first-order valence-corrected chi connectivity index (χ1v) is 26.0. The zero-order valence-corrected chi connectivity index (χ0v) is 41.9. The average molecular weight is 1020 g/mol. The fraction of sp³-hybridized carbons (Fsp3) is 0.788. The maximum absolute atomic E-state index is 13.1. The number of aliphatic hydroxyl groups is 11. The average Bonchev–Trinajstić information content (AvgIpc) is 3.36. The molecule has 3 saturated heterocycles. The van der Waals surface area contributed by atoms with Crippen LogP contribution < -0.4 is 5.32 Å². The zero-order valence-electron chi connectivity index (χ0n) is 41.9. The number of nitrogens with one attached hydrogen (secondary N) is 1. The highest BCUT2D eigenvalue weighted by Gasteiger charge is 2.53. The van der Waals surface area contributed by atoms with Crippen molar-refractivity contribution in [3.63, 3.8) is 0 Å². The van der Waals surface area contributed by atoms with E-state index in [2.05, 4.69) is 60.8 Å². The van der Waals surface area contributed by atoms with E-state index in [-0.39, 0.29) is 18.9 Å². The van der Waals surface area contributed by atoms with E-state index < -0.39 is 124 Å². The van der Waals surface area contributed by atoms with E-state index in [0.717, 1.165) is 64.2 Å². The summed E-state index contributed by atoms with van der Waals surface area (Å²) < 4.78 is 33.9. The van der Waals surface area contributed by atoms with Gasteiger partial charge in [-0.15, -0.1) is 0 Å². The Kier molecular flexibility index (Phi) is 32.2. The maximum Gasteiger partial charge on any atom is 0.220 e. The van der Waals surface area contributed by atoms with E-state index in [1.807, 2.05) is 6.92 Å². The van der Waals surface area contributed by atoms with E-state index in [1.54, 1.807) is 12.2 Å². The molecule has 3 aliphatic heterocycles. The molecule has 3 heterocycles. The summed E-state index contributed by atoms with van der Waals surface area (Å²) in [6.07, 6.45) is 12.1. The molecule has 0 aromatic heterocycles. The third kappa shape index (κ3) is 22.1. The van der Waals surface area contributed by atoms with Gasteiger partial charge in [0.25, 0.3) is 0 Å². The summed E-state index contributed by atoms with van der Waals surface area (Å²) in [5, 5.41) is 119. The van der Waals surface area contributed by atoms with Crippen LogP contribution in [0.2, 0.25) is 0 Å². The highest BCUT2D eigenvalue weighted by Crippen LogP contribution is 2.33. The van der Waals surface area contributed by atoms with Crippen LogP contribution in [-0.2, 0) is 33.2 Å². The number of rotatable bonds is 35. The van der Waals surface area contributed by atoms with E-state index in [9.17, 15) is 61.0 Å². The Morgan fingerprint density at radius 3 is 1.49 bits per heavy atom. The SMILES string of the molecule is CC/C=C\C/C=C\C/C=C\C/C=C\CCCCCCCCCCCCC(=O)NC(COC1OC(CO)C(OC2OC(CO)C(OC3OC(CO)C(O)C(O)C3O)C(O)C2O)C(O)C1O)C(O)/C=C/CCC. The van der Waals surface area contributed by atoms with Gasteiger partial charge in [-0.2, -0.15) is 0 Å². The fourth-order valence-electron chi connectivity index (χ4n) is 8.48. The van der Waals surface area contributed by atoms with Crippen LogP contribution in [0.3, 0.4) is 0 Å². The van der Waals surface area contributed by atoms with Gasteiger partial charge in [-0.3, -0.25) is 4.79 Å². The number of hydrogen-bond donors (Lipinski definition) is 12. The van der Waals surface area contributed by atoms with Gasteiger partial charge in [-0.25, -0.2) is 0 Å². The smallest absolute Gasteiger partial charge is 0.220 e. The van der Waals surface area contributed by atoms with Crippen molar-refractivity contribution in [3.05, 3.63) is 60.8 Å². The third-order valence-corrected chi connectivity index (χ3v) is 12.8. The van der Waals surface area contributed by atoms with Crippen molar-refractivity contribution in [2.45, 2.75) is 234 Å². The molecule has 17 unspecified atom stereocenters. The van der Waals surface area contributed by atoms with Gasteiger partial charge in [0.2, 0.25) is 5.91 Å². The van der Waals surface area contributed by atoms with Crippen LogP contribution in [-0.4, -0.2) is 193 Å². The van der Waals surface area contributed by atoms with Crippen LogP contribution in [0.4, 0.5) is 0 Å². The normalized spacial score (nSPS) is 32.8. The van der Waals surface area contributed by atoms with Crippen molar-refractivity contribution in [2.75, 3.05) is 26.4 Å². The number of ether oxygens (including phenoxy) is 6. The molecule has 19 nitrogen and oxygen atoms in total. The summed E-state index contributed by atoms with van der Waals surface area (Å²) in [5.41, 5.74) is 0. The lowest BCUT2D eigenvalue weighted by Crippen LogP contribution is -2.66. The van der Waals surface area contributed by atoms with Crippen LogP contribution in [0.25, 0.3) is 0 Å². The van der Waals surface area contributed by atoms with Gasteiger partial charge in [-0.1, -0.05) is 132 Å². The van der Waals surface area contributed by atoms with Crippen molar-refractivity contribution in [1.82, 2.24) is 5.32 Å². The van der Waals surface area contributed by atoms with Crippen LogP contribution in [0.5, 0.6) is 0 Å². The largest absolute Gasteiger partial charge is 0.394 e. The van der Waals surface area contributed by atoms with Crippen molar-refractivity contribution in [2.24, 2.45) is 0 Å². The highest BCUT2D eigenvalue weighted by molar-refractivity contribution is 5.76. The van der Waals surface area contributed by atoms with E-state index >= 15 is 0 Å². The molecule has 17 atom stereocenters. The minimum absolute atomic E-state index is 0.232. The summed E-state index contributed by atoms with van der Waals surface area (Å²) >= 11 is 0. The number of aliphatic hydroxyl groups excluding tert-OH is 11. The van der Waals surface area contributed by atoms with Crippen molar-refractivity contribution >= 4 is 5.91 Å². The second-order valence-corrected chi connectivity index (χ2v) is 18.6. The molecule has 0 aromatic carbocycles. The summed E-state index contributed by atoms with van der Waals surface area (Å²) in [6.45, 7) is 1.33. The Morgan fingerprint density at radius 1 is 0.521 bits per heavy atom. The van der Waals surface area contributed by atoms with E-state index in [0.29, 0.717) is 12.8 Å². The first-order chi connectivity index (χ1) is 34.3. The molecule has 71 heavy (non-hydrogen) atoms. The minimum Gasteiger partial charge on any atom is -0.394 e. The van der Waals surface area contributed by atoms with Gasteiger partial charge >= 0.3 is 0 Å². The third-order valence-electron chi connectivity index (χ3n) is 12.8. The summed E-state index contributed by atoms with van der Waals surface area (Å²) in [7, 11) is 0. The molecule has 12 N–H and O–H groups in total. The number of carbonyl (C=O) groups is 1. The molecular weight excluding hydrogens is 927 g/mol. The Labute approximate surface area is 420 Å². The summed E-state index contributed by atoms with van der Waals surface area (Å²) in [4.78, 5) is 13.1. The van der Waals surface area contributed by atoms with Crippen molar-refractivity contribution < 1.29 is 89.4 Å². The second-order valence-electron chi connectivity index (χ2n) is 18.6. The first kappa shape index (κ1) is 62.8. The molecule has 0 radical (unpaired) electrons. The molecule has 410 valence electrons. The molecule has 0 aromatic rings. The second kappa shape index (κ2) is 36.4. The molecule has 0 bridgehead atoms. The number of amides is 1. The van der Waals surface area contributed by atoms with Gasteiger partial charge in [0.1, 0.15) is 73.2 Å². The molecular formula is C52H89NO18. The highest BCUT2D eigenvalue weighted by atomic mass is 16.8. The molecule has 19 heteroatoms.